The van der Waals surface area contributed by atoms with Crippen LogP contribution in [0, 0.1) is 0 Å². The van der Waals surface area contributed by atoms with Crippen molar-refractivity contribution in [2.45, 2.75) is 4.90 Å². The molecule has 6 nitrogen and oxygen atoms in total. The molecule has 0 bridgehead atoms. The number of pyridine rings is 2. The molecule has 2 aromatic rings. The van der Waals surface area contributed by atoms with Gasteiger partial charge in [-0.2, -0.15) is 0 Å². The van der Waals surface area contributed by atoms with Gasteiger partial charge in [-0.25, -0.2) is 18.4 Å². The van der Waals surface area contributed by atoms with Crippen molar-refractivity contribution in [3.05, 3.63) is 41.8 Å². The number of rotatable bonds is 4. The van der Waals surface area contributed by atoms with Gasteiger partial charge in [0.05, 0.1) is 17.7 Å². The highest BCUT2D eigenvalue weighted by Gasteiger charge is 2.15. The van der Waals surface area contributed by atoms with E-state index in [1.54, 1.807) is 0 Å². The Labute approximate surface area is 115 Å². The Morgan fingerprint density at radius 2 is 1.95 bits per heavy atom. The number of hydrogen-bond acceptors (Lipinski definition) is 5. The summed E-state index contributed by atoms with van der Waals surface area (Å²) in [5.74, 6) is 0.313. The van der Waals surface area contributed by atoms with Gasteiger partial charge < -0.3 is 4.74 Å². The molecule has 0 spiro atoms. The number of nitrogens with zero attached hydrogens (tertiary/aromatic N) is 2. The van der Waals surface area contributed by atoms with Crippen molar-refractivity contribution in [1.29, 1.82) is 0 Å². The molecule has 0 saturated carbocycles. The SMILES string of the molecule is COc1cc(NS(=O)(=O)c2ccnc(Cl)c2)ccn1. The molecule has 1 N–H and O–H groups in total. The van der Waals surface area contributed by atoms with E-state index in [4.69, 9.17) is 16.3 Å². The van der Waals surface area contributed by atoms with Crippen LogP contribution in [-0.2, 0) is 10.0 Å². The molecule has 0 unspecified atom stereocenters. The molecule has 100 valence electrons. The number of halogens is 1. The molecule has 0 aliphatic rings. The van der Waals surface area contributed by atoms with Gasteiger partial charge in [-0.3, -0.25) is 4.72 Å². The zero-order valence-electron chi connectivity index (χ0n) is 9.87. The fourth-order valence-electron chi connectivity index (χ4n) is 1.35. The summed E-state index contributed by atoms with van der Waals surface area (Å²) in [6.45, 7) is 0. The summed E-state index contributed by atoms with van der Waals surface area (Å²) in [6.07, 6.45) is 2.76. The van der Waals surface area contributed by atoms with E-state index in [1.165, 1.54) is 43.8 Å². The second-order valence-corrected chi connectivity index (χ2v) is 5.58. The predicted octanol–water partition coefficient (Wildman–Crippen LogP) is 1.94. The van der Waals surface area contributed by atoms with E-state index >= 15 is 0 Å². The molecule has 0 radical (unpaired) electrons. The summed E-state index contributed by atoms with van der Waals surface area (Å²) in [7, 11) is -2.27. The Kier molecular flexibility index (Phi) is 3.87. The number of hydrogen-bond donors (Lipinski definition) is 1. The number of anilines is 1. The first-order valence-corrected chi connectivity index (χ1v) is 7.02. The third kappa shape index (κ3) is 3.33. The van der Waals surface area contributed by atoms with Crippen LogP contribution in [0.2, 0.25) is 5.15 Å². The molecule has 0 atom stereocenters. The molecule has 0 saturated heterocycles. The molecule has 0 amide bonds. The molecular weight excluding hydrogens is 290 g/mol. The lowest BCUT2D eigenvalue weighted by molar-refractivity contribution is 0.398. The van der Waals surface area contributed by atoms with Crippen molar-refractivity contribution in [2.75, 3.05) is 11.8 Å². The Bertz CT molecular complexity index is 691. The summed E-state index contributed by atoms with van der Waals surface area (Å²) in [5.41, 5.74) is 0.347. The van der Waals surface area contributed by atoms with Gasteiger partial charge in [0.15, 0.2) is 0 Å². The van der Waals surface area contributed by atoms with Gasteiger partial charge >= 0.3 is 0 Å². The summed E-state index contributed by atoms with van der Waals surface area (Å²) in [4.78, 5) is 7.65. The van der Waals surface area contributed by atoms with E-state index in [2.05, 4.69) is 14.7 Å². The second kappa shape index (κ2) is 5.41. The maximum Gasteiger partial charge on any atom is 0.262 e. The normalized spacial score (nSPS) is 11.1. The molecule has 0 aromatic carbocycles. The smallest absolute Gasteiger partial charge is 0.262 e. The van der Waals surface area contributed by atoms with E-state index in [0.29, 0.717) is 11.6 Å². The molecule has 2 rings (SSSR count). The van der Waals surface area contributed by atoms with Crippen LogP contribution in [0.5, 0.6) is 5.88 Å². The second-order valence-electron chi connectivity index (χ2n) is 3.51. The lowest BCUT2D eigenvalue weighted by atomic mass is 10.4. The molecule has 19 heavy (non-hydrogen) atoms. The zero-order chi connectivity index (χ0) is 13.9. The largest absolute Gasteiger partial charge is 0.481 e. The standard InChI is InChI=1S/C11H10ClN3O3S/c1-18-11-6-8(2-4-14-11)15-19(16,17)9-3-5-13-10(12)7-9/h2-7H,1H3,(H,14,15). The summed E-state index contributed by atoms with van der Waals surface area (Å²) < 4.78 is 31.5. The van der Waals surface area contributed by atoms with Gasteiger partial charge in [-0.15, -0.1) is 0 Å². The van der Waals surface area contributed by atoms with E-state index in [9.17, 15) is 8.42 Å². The third-order valence-electron chi connectivity index (χ3n) is 2.20. The first-order valence-electron chi connectivity index (χ1n) is 5.16. The van der Waals surface area contributed by atoms with Crippen LogP contribution in [-0.4, -0.2) is 25.5 Å². The Morgan fingerprint density at radius 1 is 1.21 bits per heavy atom. The first kappa shape index (κ1) is 13.6. The fourth-order valence-corrected chi connectivity index (χ4v) is 2.65. The number of methoxy groups -OCH3 is 1. The van der Waals surface area contributed by atoms with E-state index in [0.717, 1.165) is 0 Å². The summed E-state index contributed by atoms with van der Waals surface area (Å²) in [5, 5.41) is 0.107. The predicted molar refractivity (Wildman–Crippen MR) is 70.8 cm³/mol. The minimum atomic E-state index is -3.72. The van der Waals surface area contributed by atoms with E-state index in [-0.39, 0.29) is 10.0 Å². The summed E-state index contributed by atoms with van der Waals surface area (Å²) in [6, 6.07) is 5.61. The number of sulfonamides is 1. The van der Waals surface area contributed by atoms with Gasteiger partial charge in [-0.1, -0.05) is 11.6 Å². The van der Waals surface area contributed by atoms with Crippen molar-refractivity contribution < 1.29 is 13.2 Å². The highest BCUT2D eigenvalue weighted by atomic mass is 35.5. The van der Waals surface area contributed by atoms with Crippen LogP contribution in [0.25, 0.3) is 0 Å². The minimum Gasteiger partial charge on any atom is -0.481 e. The minimum absolute atomic E-state index is 0.0308. The Balaban J connectivity index is 2.31. The Morgan fingerprint density at radius 3 is 2.63 bits per heavy atom. The van der Waals surface area contributed by atoms with Crippen LogP contribution in [0.1, 0.15) is 0 Å². The topological polar surface area (TPSA) is 81.2 Å². The van der Waals surface area contributed by atoms with Gasteiger partial charge in [0.2, 0.25) is 5.88 Å². The molecule has 8 heteroatoms. The number of ether oxygens (including phenoxy) is 1. The number of nitrogens with one attached hydrogen (secondary N) is 1. The van der Waals surface area contributed by atoms with Crippen LogP contribution < -0.4 is 9.46 Å². The van der Waals surface area contributed by atoms with Gasteiger partial charge in [0.1, 0.15) is 5.15 Å². The highest BCUT2D eigenvalue weighted by molar-refractivity contribution is 7.92. The van der Waals surface area contributed by atoms with Crippen molar-refractivity contribution in [1.82, 2.24) is 9.97 Å². The average molecular weight is 300 g/mol. The maximum absolute atomic E-state index is 12.1. The van der Waals surface area contributed by atoms with Gasteiger partial charge in [0, 0.05) is 18.5 Å². The quantitative estimate of drug-likeness (QED) is 0.873. The molecule has 2 heterocycles. The van der Waals surface area contributed by atoms with Crippen molar-refractivity contribution in [3.8, 4) is 5.88 Å². The first-order chi connectivity index (χ1) is 9.01. The third-order valence-corrected chi connectivity index (χ3v) is 3.79. The van der Waals surface area contributed by atoms with Crippen LogP contribution in [0.15, 0.2) is 41.6 Å². The van der Waals surface area contributed by atoms with E-state index in [1.807, 2.05) is 0 Å². The van der Waals surface area contributed by atoms with E-state index < -0.39 is 10.0 Å². The number of aromatic nitrogens is 2. The monoisotopic (exact) mass is 299 g/mol. The lowest BCUT2D eigenvalue weighted by Crippen LogP contribution is -2.13. The van der Waals surface area contributed by atoms with Crippen molar-refractivity contribution >= 4 is 27.3 Å². The molecular formula is C11H10ClN3O3S. The zero-order valence-corrected chi connectivity index (χ0v) is 11.4. The molecule has 0 aliphatic carbocycles. The fraction of sp³-hybridized carbons (Fsp3) is 0.0909. The van der Waals surface area contributed by atoms with Crippen molar-refractivity contribution in [3.63, 3.8) is 0 Å². The van der Waals surface area contributed by atoms with Crippen LogP contribution in [0.4, 0.5) is 5.69 Å². The highest BCUT2D eigenvalue weighted by Crippen LogP contribution is 2.19. The van der Waals surface area contributed by atoms with Gasteiger partial charge in [-0.05, 0) is 18.2 Å². The lowest BCUT2D eigenvalue weighted by Gasteiger charge is -2.08. The molecule has 0 aliphatic heterocycles. The van der Waals surface area contributed by atoms with Crippen LogP contribution >= 0.6 is 11.6 Å². The maximum atomic E-state index is 12.1. The molecule has 2 aromatic heterocycles. The van der Waals surface area contributed by atoms with Gasteiger partial charge in [0.25, 0.3) is 10.0 Å². The van der Waals surface area contributed by atoms with Crippen molar-refractivity contribution in [2.24, 2.45) is 0 Å². The molecule has 0 fully saturated rings. The summed E-state index contributed by atoms with van der Waals surface area (Å²) >= 11 is 5.67. The van der Waals surface area contributed by atoms with Crippen LogP contribution in [0.3, 0.4) is 0 Å². The Hall–Kier alpha value is -1.86. The average Bonchev–Trinajstić information content (AvgIpc) is 2.38.